The number of anilines is 1. The molecular formula is C17H25NO4S. The van der Waals surface area contributed by atoms with Crippen LogP contribution in [0, 0.1) is 0 Å². The Labute approximate surface area is 138 Å². The fourth-order valence-corrected chi connectivity index (χ4v) is 3.39. The number of nitrogens with one attached hydrogen (secondary N) is 1. The van der Waals surface area contributed by atoms with E-state index in [1.165, 1.54) is 25.0 Å². The van der Waals surface area contributed by atoms with Gasteiger partial charge in [-0.2, -0.15) is 0 Å². The van der Waals surface area contributed by atoms with Gasteiger partial charge in [-0.3, -0.25) is 4.79 Å². The maximum Gasteiger partial charge on any atom is 0.253 e. The van der Waals surface area contributed by atoms with Crippen LogP contribution in [-0.2, 0) is 19.4 Å². The molecule has 1 amide bonds. The summed E-state index contributed by atoms with van der Waals surface area (Å²) < 4.78 is 28.7. The molecule has 0 radical (unpaired) electrons. The minimum atomic E-state index is -3.22. The van der Waals surface area contributed by atoms with Gasteiger partial charge in [-0.15, -0.1) is 0 Å². The van der Waals surface area contributed by atoms with Crippen LogP contribution in [0.4, 0.5) is 5.69 Å². The number of carbonyl (C=O) groups is 1. The second kappa shape index (κ2) is 7.93. The molecule has 6 heteroatoms. The molecule has 0 aliphatic heterocycles. The molecule has 1 aliphatic rings. The summed E-state index contributed by atoms with van der Waals surface area (Å²) in [6.07, 6.45) is 7.63. The Bertz CT molecular complexity index is 616. The van der Waals surface area contributed by atoms with E-state index in [2.05, 4.69) is 5.32 Å². The van der Waals surface area contributed by atoms with Gasteiger partial charge >= 0.3 is 0 Å². The maximum absolute atomic E-state index is 12.2. The lowest BCUT2D eigenvalue weighted by Crippen LogP contribution is -2.31. The average molecular weight is 339 g/mol. The fraction of sp³-hybridized carbons (Fsp3) is 0.588. The highest BCUT2D eigenvalue weighted by atomic mass is 32.2. The number of carbonyl (C=O) groups excluding carboxylic acids is 1. The third-order valence-corrected chi connectivity index (χ3v) is 5.25. The van der Waals surface area contributed by atoms with E-state index < -0.39 is 15.9 Å². The summed E-state index contributed by atoms with van der Waals surface area (Å²) in [5.41, 5.74) is 0.568. The minimum absolute atomic E-state index is 0.158. The largest absolute Gasteiger partial charge is 0.365 e. The SMILES string of the molecule is C[C@H](OC1CCCCCC1)C(=O)Nc1ccc(S(C)(=O)=O)cc1. The summed E-state index contributed by atoms with van der Waals surface area (Å²) in [7, 11) is -3.22. The van der Waals surface area contributed by atoms with E-state index in [1.807, 2.05) is 0 Å². The lowest BCUT2D eigenvalue weighted by Gasteiger charge is -2.20. The monoisotopic (exact) mass is 339 g/mol. The highest BCUT2D eigenvalue weighted by Crippen LogP contribution is 2.21. The number of hydrogen-bond donors (Lipinski definition) is 1. The quantitative estimate of drug-likeness (QED) is 0.836. The van der Waals surface area contributed by atoms with Crippen LogP contribution in [0.5, 0.6) is 0 Å². The third-order valence-electron chi connectivity index (χ3n) is 4.12. The highest BCUT2D eigenvalue weighted by molar-refractivity contribution is 7.90. The van der Waals surface area contributed by atoms with E-state index in [-0.39, 0.29) is 16.9 Å². The third kappa shape index (κ3) is 5.62. The fourth-order valence-electron chi connectivity index (χ4n) is 2.76. The second-order valence-electron chi connectivity index (χ2n) is 6.18. The van der Waals surface area contributed by atoms with Crippen LogP contribution in [-0.4, -0.2) is 32.8 Å². The van der Waals surface area contributed by atoms with Crippen LogP contribution in [0.1, 0.15) is 45.4 Å². The molecule has 0 spiro atoms. The summed E-state index contributed by atoms with van der Waals surface area (Å²) in [6, 6.07) is 6.16. The Morgan fingerprint density at radius 2 is 1.70 bits per heavy atom. The van der Waals surface area contributed by atoms with Gasteiger partial charge in [0.15, 0.2) is 9.84 Å². The van der Waals surface area contributed by atoms with E-state index in [9.17, 15) is 13.2 Å². The Kier molecular flexibility index (Phi) is 6.18. The molecule has 0 heterocycles. The van der Waals surface area contributed by atoms with Crippen LogP contribution in [0.3, 0.4) is 0 Å². The van der Waals surface area contributed by atoms with Gasteiger partial charge in [0.05, 0.1) is 11.0 Å². The molecule has 1 aromatic rings. The normalized spacial score (nSPS) is 18.2. The lowest BCUT2D eigenvalue weighted by molar-refractivity contribution is -0.130. The number of benzene rings is 1. The van der Waals surface area contributed by atoms with Crippen molar-refractivity contribution in [2.45, 2.75) is 62.6 Å². The second-order valence-corrected chi connectivity index (χ2v) is 8.19. The van der Waals surface area contributed by atoms with Crippen LogP contribution >= 0.6 is 0 Å². The molecule has 1 aromatic carbocycles. The van der Waals surface area contributed by atoms with Crippen molar-refractivity contribution in [3.63, 3.8) is 0 Å². The molecule has 0 aromatic heterocycles. The molecule has 1 saturated carbocycles. The van der Waals surface area contributed by atoms with Gasteiger partial charge < -0.3 is 10.1 Å². The van der Waals surface area contributed by atoms with Crippen molar-refractivity contribution < 1.29 is 17.9 Å². The first-order chi connectivity index (χ1) is 10.9. The smallest absolute Gasteiger partial charge is 0.253 e. The molecule has 1 N–H and O–H groups in total. The van der Waals surface area contributed by atoms with E-state index >= 15 is 0 Å². The molecule has 1 fully saturated rings. The van der Waals surface area contributed by atoms with Gasteiger partial charge in [0.25, 0.3) is 5.91 Å². The summed E-state index contributed by atoms with van der Waals surface area (Å²) in [5.74, 6) is -0.207. The summed E-state index contributed by atoms with van der Waals surface area (Å²) in [6.45, 7) is 1.76. The van der Waals surface area contributed by atoms with Crippen LogP contribution < -0.4 is 5.32 Å². The molecule has 5 nitrogen and oxygen atoms in total. The summed E-state index contributed by atoms with van der Waals surface area (Å²) in [4.78, 5) is 12.4. The molecule has 0 bridgehead atoms. The molecule has 2 rings (SSSR count). The first kappa shape index (κ1) is 17.9. The highest BCUT2D eigenvalue weighted by Gasteiger charge is 2.20. The van der Waals surface area contributed by atoms with Gasteiger partial charge in [0, 0.05) is 11.9 Å². The Hall–Kier alpha value is -1.40. The van der Waals surface area contributed by atoms with E-state index in [1.54, 1.807) is 19.1 Å². The summed E-state index contributed by atoms with van der Waals surface area (Å²) in [5, 5.41) is 2.77. The van der Waals surface area contributed by atoms with E-state index in [0.29, 0.717) is 5.69 Å². The molecule has 1 atom stereocenters. The zero-order valence-electron chi connectivity index (χ0n) is 13.7. The first-order valence-corrected chi connectivity index (χ1v) is 10.0. The zero-order chi connectivity index (χ0) is 16.9. The maximum atomic E-state index is 12.2. The van der Waals surface area contributed by atoms with Gasteiger partial charge in [0.1, 0.15) is 6.10 Å². The predicted molar refractivity (Wildman–Crippen MR) is 90.2 cm³/mol. The number of rotatable bonds is 5. The van der Waals surface area contributed by atoms with Gasteiger partial charge in [-0.1, -0.05) is 25.7 Å². The summed E-state index contributed by atoms with van der Waals surface area (Å²) >= 11 is 0. The van der Waals surface area contributed by atoms with Crippen molar-refractivity contribution in [3.05, 3.63) is 24.3 Å². The van der Waals surface area contributed by atoms with Crippen LogP contribution in [0.2, 0.25) is 0 Å². The predicted octanol–water partition coefficient (Wildman–Crippen LogP) is 3.16. The first-order valence-electron chi connectivity index (χ1n) is 8.13. The number of amides is 1. The number of ether oxygens (including phenoxy) is 1. The van der Waals surface area contributed by atoms with Crippen molar-refractivity contribution in [1.29, 1.82) is 0 Å². The van der Waals surface area contributed by atoms with Crippen molar-refractivity contribution >= 4 is 21.4 Å². The Morgan fingerprint density at radius 3 is 2.22 bits per heavy atom. The average Bonchev–Trinajstić information content (AvgIpc) is 2.75. The Balaban J connectivity index is 1.90. The van der Waals surface area contributed by atoms with Crippen molar-refractivity contribution in [1.82, 2.24) is 0 Å². The van der Waals surface area contributed by atoms with Gasteiger partial charge in [0.2, 0.25) is 0 Å². The van der Waals surface area contributed by atoms with Crippen LogP contribution in [0.25, 0.3) is 0 Å². The molecule has 0 saturated heterocycles. The van der Waals surface area contributed by atoms with Crippen molar-refractivity contribution in [2.75, 3.05) is 11.6 Å². The van der Waals surface area contributed by atoms with Gasteiger partial charge in [-0.05, 0) is 44.0 Å². The lowest BCUT2D eigenvalue weighted by atomic mass is 10.1. The zero-order valence-corrected chi connectivity index (χ0v) is 14.6. The topological polar surface area (TPSA) is 72.5 Å². The molecule has 1 aliphatic carbocycles. The van der Waals surface area contributed by atoms with Crippen molar-refractivity contribution in [2.24, 2.45) is 0 Å². The molecular weight excluding hydrogens is 314 g/mol. The standard InChI is InChI=1S/C17H25NO4S/c1-13(22-15-7-5-3-4-6-8-15)17(19)18-14-9-11-16(12-10-14)23(2,20)21/h9-13,15H,3-8H2,1-2H3,(H,18,19)/t13-/m0/s1. The van der Waals surface area contributed by atoms with E-state index in [0.717, 1.165) is 31.9 Å². The van der Waals surface area contributed by atoms with Crippen molar-refractivity contribution in [3.8, 4) is 0 Å². The number of sulfone groups is 1. The molecule has 23 heavy (non-hydrogen) atoms. The molecule has 128 valence electrons. The number of hydrogen-bond acceptors (Lipinski definition) is 4. The van der Waals surface area contributed by atoms with Crippen LogP contribution in [0.15, 0.2) is 29.2 Å². The van der Waals surface area contributed by atoms with Gasteiger partial charge in [-0.25, -0.2) is 8.42 Å². The van der Waals surface area contributed by atoms with E-state index in [4.69, 9.17) is 4.74 Å². The molecule has 0 unspecified atom stereocenters. The minimum Gasteiger partial charge on any atom is -0.365 e. The Morgan fingerprint density at radius 1 is 1.13 bits per heavy atom.